The third kappa shape index (κ3) is 3.42. The third-order valence-corrected chi connectivity index (χ3v) is 3.58. The van der Waals surface area contributed by atoms with Crippen LogP contribution in [0.25, 0.3) is 0 Å². The Hall–Kier alpha value is -3.03. The summed E-state index contributed by atoms with van der Waals surface area (Å²) in [5.74, 6) is 0.271. The minimum atomic E-state index is -0.491. The summed E-state index contributed by atoms with van der Waals surface area (Å²) in [6.07, 6.45) is 5.21. The highest BCUT2D eigenvalue weighted by Crippen LogP contribution is 2.19. The quantitative estimate of drug-likeness (QED) is 0.629. The molecule has 1 aliphatic heterocycles. The molecule has 1 saturated heterocycles. The summed E-state index contributed by atoms with van der Waals surface area (Å²) in [6, 6.07) is 5.60. The second kappa shape index (κ2) is 6.39. The lowest BCUT2D eigenvalue weighted by Crippen LogP contribution is -2.31. The average molecular weight is 314 g/mol. The maximum Gasteiger partial charge on any atom is 0.269 e. The van der Waals surface area contributed by atoms with E-state index in [0.29, 0.717) is 31.0 Å². The van der Waals surface area contributed by atoms with Gasteiger partial charge in [0, 0.05) is 43.1 Å². The van der Waals surface area contributed by atoms with Crippen LogP contribution in [0.1, 0.15) is 16.8 Å². The standard InChI is InChI=1S/C15H14N4O4/c20-15(11-1-3-12(4-2-11)19(21)22)18-8-5-13(10-18)23-14-9-16-6-7-17-14/h1-4,6-7,9,13H,5,8,10H2. The summed E-state index contributed by atoms with van der Waals surface area (Å²) in [5.41, 5.74) is 0.391. The SMILES string of the molecule is O=C(c1ccc([N+](=O)[O-])cc1)N1CCC(Oc2cnccn2)C1. The summed E-state index contributed by atoms with van der Waals surface area (Å²) in [4.78, 5) is 32.2. The lowest BCUT2D eigenvalue weighted by atomic mass is 10.2. The van der Waals surface area contributed by atoms with E-state index in [2.05, 4.69) is 9.97 Å². The molecule has 1 fully saturated rings. The van der Waals surface area contributed by atoms with E-state index in [9.17, 15) is 14.9 Å². The highest BCUT2D eigenvalue weighted by atomic mass is 16.6. The molecule has 0 N–H and O–H groups in total. The second-order valence-corrected chi connectivity index (χ2v) is 5.13. The molecular weight excluding hydrogens is 300 g/mol. The van der Waals surface area contributed by atoms with Gasteiger partial charge in [-0.1, -0.05) is 0 Å². The highest BCUT2D eigenvalue weighted by molar-refractivity contribution is 5.94. The molecule has 0 aliphatic carbocycles. The number of carbonyl (C=O) groups is 1. The second-order valence-electron chi connectivity index (χ2n) is 5.13. The van der Waals surface area contributed by atoms with E-state index in [1.54, 1.807) is 17.3 Å². The van der Waals surface area contributed by atoms with Crippen molar-refractivity contribution >= 4 is 11.6 Å². The van der Waals surface area contributed by atoms with Crippen LogP contribution in [0.15, 0.2) is 42.9 Å². The van der Waals surface area contributed by atoms with Crippen molar-refractivity contribution in [3.05, 3.63) is 58.5 Å². The van der Waals surface area contributed by atoms with Crippen molar-refractivity contribution in [1.82, 2.24) is 14.9 Å². The number of hydrogen-bond donors (Lipinski definition) is 0. The zero-order valence-corrected chi connectivity index (χ0v) is 12.2. The van der Waals surface area contributed by atoms with Crippen LogP contribution < -0.4 is 4.74 Å². The molecule has 1 aromatic heterocycles. The van der Waals surface area contributed by atoms with Gasteiger partial charge in [0.1, 0.15) is 6.10 Å². The number of benzene rings is 1. The Kier molecular flexibility index (Phi) is 4.13. The van der Waals surface area contributed by atoms with Crippen molar-refractivity contribution in [3.8, 4) is 5.88 Å². The van der Waals surface area contributed by atoms with Crippen LogP contribution in [-0.2, 0) is 0 Å². The zero-order chi connectivity index (χ0) is 16.2. The van der Waals surface area contributed by atoms with Crippen molar-refractivity contribution in [2.45, 2.75) is 12.5 Å². The number of carbonyl (C=O) groups excluding carboxylic acids is 1. The zero-order valence-electron chi connectivity index (χ0n) is 12.2. The van der Waals surface area contributed by atoms with Crippen LogP contribution in [0.3, 0.4) is 0 Å². The molecule has 1 unspecified atom stereocenters. The number of ether oxygens (including phenoxy) is 1. The van der Waals surface area contributed by atoms with E-state index in [1.165, 1.54) is 30.5 Å². The molecular formula is C15H14N4O4. The molecule has 1 aromatic carbocycles. The highest BCUT2D eigenvalue weighted by Gasteiger charge is 2.28. The fraction of sp³-hybridized carbons (Fsp3) is 0.267. The average Bonchev–Trinajstić information content (AvgIpc) is 3.03. The molecule has 0 spiro atoms. The van der Waals surface area contributed by atoms with Crippen LogP contribution in [0.5, 0.6) is 5.88 Å². The molecule has 3 rings (SSSR count). The van der Waals surface area contributed by atoms with E-state index < -0.39 is 4.92 Å². The van der Waals surface area contributed by atoms with E-state index >= 15 is 0 Å². The first kappa shape index (κ1) is 14.9. The molecule has 1 amide bonds. The largest absolute Gasteiger partial charge is 0.471 e. The van der Waals surface area contributed by atoms with E-state index in [-0.39, 0.29) is 17.7 Å². The summed E-state index contributed by atoms with van der Waals surface area (Å²) in [7, 11) is 0. The summed E-state index contributed by atoms with van der Waals surface area (Å²) in [5, 5.41) is 10.6. The molecule has 2 aromatic rings. The fourth-order valence-corrected chi connectivity index (χ4v) is 2.43. The number of likely N-dealkylation sites (tertiary alicyclic amines) is 1. The molecule has 0 saturated carbocycles. The van der Waals surface area contributed by atoms with Crippen LogP contribution >= 0.6 is 0 Å². The van der Waals surface area contributed by atoms with Crippen LogP contribution in [0.2, 0.25) is 0 Å². The first-order chi connectivity index (χ1) is 11.1. The van der Waals surface area contributed by atoms with Crippen molar-refractivity contribution in [2.75, 3.05) is 13.1 Å². The topological polar surface area (TPSA) is 98.5 Å². The molecule has 1 atom stereocenters. The molecule has 0 bridgehead atoms. The Morgan fingerprint density at radius 2 is 2.09 bits per heavy atom. The van der Waals surface area contributed by atoms with E-state index in [4.69, 9.17) is 4.74 Å². The third-order valence-electron chi connectivity index (χ3n) is 3.58. The van der Waals surface area contributed by atoms with Gasteiger partial charge in [0.25, 0.3) is 11.6 Å². The maximum absolute atomic E-state index is 12.4. The molecule has 8 heteroatoms. The number of hydrogen-bond acceptors (Lipinski definition) is 6. The van der Waals surface area contributed by atoms with Crippen molar-refractivity contribution < 1.29 is 14.5 Å². The summed E-state index contributed by atoms with van der Waals surface area (Å²) >= 11 is 0. The van der Waals surface area contributed by atoms with Gasteiger partial charge >= 0.3 is 0 Å². The van der Waals surface area contributed by atoms with Crippen LogP contribution in [0, 0.1) is 10.1 Å². The molecule has 1 aliphatic rings. The van der Waals surface area contributed by atoms with E-state index in [1.807, 2.05) is 0 Å². The van der Waals surface area contributed by atoms with Gasteiger partial charge < -0.3 is 9.64 Å². The fourth-order valence-electron chi connectivity index (χ4n) is 2.43. The van der Waals surface area contributed by atoms with Crippen molar-refractivity contribution in [1.29, 1.82) is 0 Å². The Morgan fingerprint density at radius 1 is 1.30 bits per heavy atom. The molecule has 23 heavy (non-hydrogen) atoms. The van der Waals surface area contributed by atoms with Gasteiger partial charge in [-0.2, -0.15) is 0 Å². The molecule has 118 valence electrons. The molecule has 8 nitrogen and oxygen atoms in total. The Bertz CT molecular complexity index is 705. The number of rotatable bonds is 4. The summed E-state index contributed by atoms with van der Waals surface area (Å²) < 4.78 is 5.69. The first-order valence-electron chi connectivity index (χ1n) is 7.10. The monoisotopic (exact) mass is 314 g/mol. The van der Waals surface area contributed by atoms with Gasteiger partial charge in [-0.15, -0.1) is 0 Å². The number of amides is 1. The maximum atomic E-state index is 12.4. The minimum absolute atomic E-state index is 0.0353. The lowest BCUT2D eigenvalue weighted by Gasteiger charge is -2.16. The van der Waals surface area contributed by atoms with Crippen LogP contribution in [-0.4, -0.2) is 44.9 Å². The number of nitrogens with zero attached hydrogens (tertiary/aromatic N) is 4. The predicted octanol–water partition coefficient (Wildman–Crippen LogP) is 1.68. The Labute approximate surface area is 131 Å². The van der Waals surface area contributed by atoms with Crippen molar-refractivity contribution in [2.24, 2.45) is 0 Å². The van der Waals surface area contributed by atoms with Crippen LogP contribution in [0.4, 0.5) is 5.69 Å². The van der Waals surface area contributed by atoms with Crippen molar-refractivity contribution in [3.63, 3.8) is 0 Å². The van der Waals surface area contributed by atoms with Gasteiger partial charge in [-0.05, 0) is 12.1 Å². The smallest absolute Gasteiger partial charge is 0.269 e. The van der Waals surface area contributed by atoms with Gasteiger partial charge in [0.2, 0.25) is 5.88 Å². The number of non-ortho nitro benzene ring substituents is 1. The Morgan fingerprint density at radius 3 is 2.74 bits per heavy atom. The molecule has 2 heterocycles. The molecule has 0 radical (unpaired) electrons. The number of aromatic nitrogens is 2. The van der Waals surface area contributed by atoms with E-state index in [0.717, 1.165) is 0 Å². The predicted molar refractivity (Wildman–Crippen MR) is 80.1 cm³/mol. The minimum Gasteiger partial charge on any atom is -0.471 e. The lowest BCUT2D eigenvalue weighted by molar-refractivity contribution is -0.384. The van der Waals surface area contributed by atoms with Gasteiger partial charge in [0.05, 0.1) is 17.7 Å². The summed E-state index contributed by atoms with van der Waals surface area (Å²) in [6.45, 7) is 1.02. The van der Waals surface area contributed by atoms with Gasteiger partial charge in [-0.3, -0.25) is 19.9 Å². The normalized spacial score (nSPS) is 17.0. The Balaban J connectivity index is 1.62. The van der Waals surface area contributed by atoms with Gasteiger partial charge in [0.15, 0.2) is 0 Å². The first-order valence-corrected chi connectivity index (χ1v) is 7.10. The number of nitro benzene ring substituents is 1. The number of nitro groups is 1. The van der Waals surface area contributed by atoms with Gasteiger partial charge in [-0.25, -0.2) is 4.98 Å².